The molecular weight excluding hydrogens is 264 g/mol. The molecule has 1 aromatic carbocycles. The molecule has 3 atom stereocenters. The van der Waals surface area contributed by atoms with E-state index in [1.54, 1.807) is 0 Å². The van der Waals surface area contributed by atoms with Crippen molar-refractivity contribution in [2.75, 3.05) is 13.2 Å². The lowest BCUT2D eigenvalue weighted by molar-refractivity contribution is -0.0797. The predicted molar refractivity (Wildman–Crippen MR) is 76.3 cm³/mol. The zero-order chi connectivity index (χ0) is 13.7. The van der Waals surface area contributed by atoms with Crippen molar-refractivity contribution in [2.45, 2.75) is 44.3 Å². The molecule has 1 aromatic rings. The van der Waals surface area contributed by atoms with E-state index in [0.29, 0.717) is 6.61 Å². The SMILES string of the molecule is CCCOC1C(Cl)CC1Oc1ccc(OCC)cc1. The summed E-state index contributed by atoms with van der Waals surface area (Å²) in [5.74, 6) is 1.69. The smallest absolute Gasteiger partial charge is 0.128 e. The molecule has 1 saturated carbocycles. The first kappa shape index (κ1) is 14.5. The average molecular weight is 285 g/mol. The van der Waals surface area contributed by atoms with E-state index in [2.05, 4.69) is 6.92 Å². The van der Waals surface area contributed by atoms with E-state index in [4.69, 9.17) is 25.8 Å². The van der Waals surface area contributed by atoms with Crippen molar-refractivity contribution in [3.63, 3.8) is 0 Å². The normalized spacial score (nSPS) is 25.7. The second-order valence-corrected chi connectivity index (χ2v) is 5.21. The van der Waals surface area contributed by atoms with Crippen LogP contribution in [0.25, 0.3) is 0 Å². The number of ether oxygens (including phenoxy) is 3. The Labute approximate surface area is 119 Å². The Morgan fingerprint density at radius 3 is 2.42 bits per heavy atom. The Balaban J connectivity index is 1.86. The van der Waals surface area contributed by atoms with E-state index in [1.165, 1.54) is 0 Å². The van der Waals surface area contributed by atoms with Crippen molar-refractivity contribution in [1.29, 1.82) is 0 Å². The largest absolute Gasteiger partial charge is 0.494 e. The highest BCUT2D eigenvalue weighted by Gasteiger charge is 2.42. The van der Waals surface area contributed by atoms with Crippen LogP contribution in [-0.2, 0) is 4.74 Å². The van der Waals surface area contributed by atoms with Gasteiger partial charge in [-0.2, -0.15) is 0 Å². The van der Waals surface area contributed by atoms with Crippen LogP contribution in [0.2, 0.25) is 0 Å². The van der Waals surface area contributed by atoms with Crippen LogP contribution in [-0.4, -0.2) is 30.8 Å². The standard InChI is InChI=1S/C15H21ClO3/c1-3-9-18-15-13(16)10-14(15)19-12-7-5-11(6-8-12)17-4-2/h5-8,13-15H,3-4,9-10H2,1-2H3. The lowest BCUT2D eigenvalue weighted by Crippen LogP contribution is -2.52. The summed E-state index contributed by atoms with van der Waals surface area (Å²) in [5, 5.41) is 0.0687. The zero-order valence-corrected chi connectivity index (χ0v) is 12.2. The Morgan fingerprint density at radius 1 is 1.16 bits per heavy atom. The van der Waals surface area contributed by atoms with Gasteiger partial charge in [0.1, 0.15) is 23.7 Å². The minimum absolute atomic E-state index is 0.00758. The maximum absolute atomic E-state index is 6.15. The topological polar surface area (TPSA) is 27.7 Å². The summed E-state index contributed by atoms with van der Waals surface area (Å²) in [4.78, 5) is 0. The van der Waals surface area contributed by atoms with Crippen molar-refractivity contribution in [2.24, 2.45) is 0 Å². The summed E-state index contributed by atoms with van der Waals surface area (Å²) in [7, 11) is 0. The van der Waals surface area contributed by atoms with Crippen molar-refractivity contribution in [3.05, 3.63) is 24.3 Å². The third kappa shape index (κ3) is 3.77. The highest BCUT2D eigenvalue weighted by molar-refractivity contribution is 6.21. The summed E-state index contributed by atoms with van der Waals surface area (Å²) in [6.45, 7) is 5.46. The van der Waals surface area contributed by atoms with Gasteiger partial charge < -0.3 is 14.2 Å². The first-order valence-electron chi connectivity index (χ1n) is 6.89. The van der Waals surface area contributed by atoms with Gasteiger partial charge in [0.25, 0.3) is 0 Å². The lowest BCUT2D eigenvalue weighted by atomic mass is 9.91. The van der Waals surface area contributed by atoms with Gasteiger partial charge in [0.2, 0.25) is 0 Å². The molecule has 1 aliphatic rings. The van der Waals surface area contributed by atoms with Crippen molar-refractivity contribution >= 4 is 11.6 Å². The van der Waals surface area contributed by atoms with Crippen LogP contribution in [0.4, 0.5) is 0 Å². The number of benzene rings is 1. The molecule has 0 aromatic heterocycles. The van der Waals surface area contributed by atoms with Gasteiger partial charge in [0.15, 0.2) is 0 Å². The molecule has 1 fully saturated rings. The van der Waals surface area contributed by atoms with Crippen LogP contribution in [0.15, 0.2) is 24.3 Å². The van der Waals surface area contributed by atoms with Gasteiger partial charge in [-0.25, -0.2) is 0 Å². The first-order chi connectivity index (χ1) is 9.24. The Kier molecular flexibility index (Phi) is 5.34. The minimum Gasteiger partial charge on any atom is -0.494 e. The molecule has 0 aliphatic heterocycles. The minimum atomic E-state index is 0.00758. The second kappa shape index (κ2) is 7.01. The van der Waals surface area contributed by atoms with Crippen LogP contribution in [0, 0.1) is 0 Å². The number of rotatable bonds is 7. The Hall–Kier alpha value is -0.930. The molecule has 1 aliphatic carbocycles. The van der Waals surface area contributed by atoms with Crippen LogP contribution in [0.1, 0.15) is 26.7 Å². The van der Waals surface area contributed by atoms with Crippen molar-refractivity contribution in [1.82, 2.24) is 0 Å². The van der Waals surface area contributed by atoms with E-state index in [1.807, 2.05) is 31.2 Å². The van der Waals surface area contributed by atoms with Gasteiger partial charge in [-0.3, -0.25) is 0 Å². The van der Waals surface area contributed by atoms with E-state index in [0.717, 1.165) is 30.9 Å². The van der Waals surface area contributed by atoms with E-state index < -0.39 is 0 Å². The monoisotopic (exact) mass is 284 g/mol. The fraction of sp³-hybridized carbons (Fsp3) is 0.600. The molecule has 106 valence electrons. The van der Waals surface area contributed by atoms with Gasteiger partial charge in [-0.05, 0) is 37.6 Å². The molecule has 2 rings (SSSR count). The fourth-order valence-electron chi connectivity index (χ4n) is 2.06. The first-order valence-corrected chi connectivity index (χ1v) is 7.33. The maximum atomic E-state index is 6.15. The van der Waals surface area contributed by atoms with Gasteiger partial charge >= 0.3 is 0 Å². The maximum Gasteiger partial charge on any atom is 0.128 e. The molecular formula is C15H21ClO3. The molecule has 0 heterocycles. The summed E-state index contributed by atoms with van der Waals surface area (Å²) >= 11 is 6.15. The number of alkyl halides is 1. The predicted octanol–water partition coefficient (Wildman–Crippen LogP) is 3.64. The molecule has 0 amide bonds. The van der Waals surface area contributed by atoms with E-state index in [-0.39, 0.29) is 17.6 Å². The summed E-state index contributed by atoms with van der Waals surface area (Å²) < 4.78 is 17.0. The molecule has 0 radical (unpaired) electrons. The van der Waals surface area contributed by atoms with E-state index in [9.17, 15) is 0 Å². The molecule has 3 unspecified atom stereocenters. The molecule has 0 saturated heterocycles. The summed E-state index contributed by atoms with van der Waals surface area (Å²) in [6.07, 6.45) is 1.90. The Bertz CT molecular complexity index is 379. The van der Waals surface area contributed by atoms with Crippen LogP contribution < -0.4 is 9.47 Å². The van der Waals surface area contributed by atoms with Crippen LogP contribution >= 0.6 is 11.6 Å². The van der Waals surface area contributed by atoms with Gasteiger partial charge in [-0.1, -0.05) is 6.92 Å². The van der Waals surface area contributed by atoms with Crippen molar-refractivity contribution < 1.29 is 14.2 Å². The molecule has 0 bridgehead atoms. The number of hydrogen-bond donors (Lipinski definition) is 0. The van der Waals surface area contributed by atoms with Gasteiger partial charge in [0.05, 0.1) is 12.0 Å². The highest BCUT2D eigenvalue weighted by Crippen LogP contribution is 2.33. The van der Waals surface area contributed by atoms with Crippen molar-refractivity contribution in [3.8, 4) is 11.5 Å². The van der Waals surface area contributed by atoms with E-state index >= 15 is 0 Å². The Morgan fingerprint density at radius 2 is 1.84 bits per heavy atom. The summed E-state index contributed by atoms with van der Waals surface area (Å²) in [5.41, 5.74) is 0. The molecule has 4 heteroatoms. The van der Waals surface area contributed by atoms with Gasteiger partial charge in [-0.15, -0.1) is 11.6 Å². The molecule has 0 spiro atoms. The second-order valence-electron chi connectivity index (χ2n) is 4.65. The summed E-state index contributed by atoms with van der Waals surface area (Å²) in [6, 6.07) is 7.67. The third-order valence-electron chi connectivity index (χ3n) is 3.12. The zero-order valence-electron chi connectivity index (χ0n) is 11.5. The molecule has 19 heavy (non-hydrogen) atoms. The van der Waals surface area contributed by atoms with Gasteiger partial charge in [0, 0.05) is 13.0 Å². The third-order valence-corrected chi connectivity index (χ3v) is 3.54. The highest BCUT2D eigenvalue weighted by atomic mass is 35.5. The average Bonchev–Trinajstić information content (AvgIpc) is 2.41. The number of halogens is 1. The lowest BCUT2D eigenvalue weighted by Gasteiger charge is -2.40. The quantitative estimate of drug-likeness (QED) is 0.716. The molecule has 0 N–H and O–H groups in total. The fourth-order valence-corrected chi connectivity index (χ4v) is 2.47. The molecule has 3 nitrogen and oxygen atoms in total. The van der Waals surface area contributed by atoms with Crippen LogP contribution in [0.3, 0.4) is 0 Å². The van der Waals surface area contributed by atoms with Crippen LogP contribution in [0.5, 0.6) is 11.5 Å². The number of hydrogen-bond acceptors (Lipinski definition) is 3.